The number of esters is 1. The molecule has 5 atom stereocenters. The van der Waals surface area contributed by atoms with Crippen LogP contribution in [0.2, 0.25) is 0 Å². The lowest BCUT2D eigenvalue weighted by Crippen LogP contribution is -2.52. The molecule has 30 heavy (non-hydrogen) atoms. The number of hydrogen-bond acceptors (Lipinski definition) is 7. The van der Waals surface area contributed by atoms with Crippen molar-refractivity contribution in [1.82, 2.24) is 0 Å². The standard InChI is InChI=1S/C22H41NO7/c1-3-4-5-10-13-17(25)14-11-8-6-7-9-12-15-18(30-16(2)24)20(26)21(27)19(23)22(28)29/h12,15,17-21,25-27H,3-11,13-14,23H2,1-2H3,(H,28,29)/b15-12+. The number of carbonyl (C=O) groups is 2. The topological polar surface area (TPSA) is 150 Å². The van der Waals surface area contributed by atoms with E-state index in [9.17, 15) is 24.9 Å². The number of aliphatic carboxylic acids is 1. The number of ether oxygens (including phenoxy) is 1. The van der Waals surface area contributed by atoms with E-state index in [2.05, 4.69) is 6.92 Å². The molecule has 8 nitrogen and oxygen atoms in total. The summed E-state index contributed by atoms with van der Waals surface area (Å²) in [5.41, 5.74) is 5.32. The molecule has 0 radical (unpaired) electrons. The monoisotopic (exact) mass is 431 g/mol. The van der Waals surface area contributed by atoms with Gasteiger partial charge in [0.05, 0.1) is 6.10 Å². The fraction of sp³-hybridized carbons (Fsp3) is 0.818. The lowest BCUT2D eigenvalue weighted by atomic mass is 10.0. The van der Waals surface area contributed by atoms with Gasteiger partial charge in [-0.25, -0.2) is 0 Å². The van der Waals surface area contributed by atoms with Crippen LogP contribution < -0.4 is 5.73 Å². The normalized spacial score (nSPS) is 16.7. The Morgan fingerprint density at radius 3 is 2.03 bits per heavy atom. The molecule has 6 N–H and O–H groups in total. The van der Waals surface area contributed by atoms with Crippen LogP contribution in [-0.4, -0.2) is 62.8 Å². The molecular formula is C22H41NO7. The average molecular weight is 432 g/mol. The first-order valence-corrected chi connectivity index (χ1v) is 11.1. The van der Waals surface area contributed by atoms with Gasteiger partial charge in [0.1, 0.15) is 24.4 Å². The maximum absolute atomic E-state index is 11.2. The van der Waals surface area contributed by atoms with Gasteiger partial charge < -0.3 is 30.9 Å². The highest BCUT2D eigenvalue weighted by Crippen LogP contribution is 2.14. The Labute approximate surface area is 180 Å². The van der Waals surface area contributed by atoms with Crippen molar-refractivity contribution in [2.75, 3.05) is 0 Å². The molecule has 176 valence electrons. The summed E-state index contributed by atoms with van der Waals surface area (Å²) in [4.78, 5) is 22.1. The van der Waals surface area contributed by atoms with Crippen molar-refractivity contribution in [3.05, 3.63) is 12.2 Å². The smallest absolute Gasteiger partial charge is 0.323 e. The molecule has 0 spiro atoms. The third-order valence-corrected chi connectivity index (χ3v) is 5.02. The van der Waals surface area contributed by atoms with Crippen molar-refractivity contribution < 1.29 is 34.8 Å². The van der Waals surface area contributed by atoms with Gasteiger partial charge in [-0.2, -0.15) is 0 Å². The number of hydrogen-bond donors (Lipinski definition) is 5. The second-order valence-electron chi connectivity index (χ2n) is 7.84. The summed E-state index contributed by atoms with van der Waals surface area (Å²) in [6, 6.07) is -1.69. The largest absolute Gasteiger partial charge is 0.480 e. The Hall–Kier alpha value is -1.48. The van der Waals surface area contributed by atoms with Gasteiger partial charge in [0.25, 0.3) is 0 Å². The minimum atomic E-state index is -1.77. The van der Waals surface area contributed by atoms with E-state index >= 15 is 0 Å². The summed E-state index contributed by atoms with van der Waals surface area (Å²) in [6.07, 6.45) is 9.32. The number of allylic oxidation sites excluding steroid dienone is 1. The molecule has 0 aliphatic carbocycles. The van der Waals surface area contributed by atoms with Crippen LogP contribution in [0.3, 0.4) is 0 Å². The van der Waals surface area contributed by atoms with Gasteiger partial charge in [-0.15, -0.1) is 0 Å². The maximum Gasteiger partial charge on any atom is 0.323 e. The highest BCUT2D eigenvalue weighted by Gasteiger charge is 2.34. The highest BCUT2D eigenvalue weighted by atomic mass is 16.6. The molecule has 0 aliphatic heterocycles. The fourth-order valence-corrected chi connectivity index (χ4v) is 3.14. The van der Waals surface area contributed by atoms with Crippen LogP contribution in [0.4, 0.5) is 0 Å². The minimum Gasteiger partial charge on any atom is -0.480 e. The van der Waals surface area contributed by atoms with Crippen LogP contribution in [0.5, 0.6) is 0 Å². The number of carbonyl (C=O) groups excluding carboxylic acids is 1. The van der Waals surface area contributed by atoms with Crippen molar-refractivity contribution in [2.45, 2.75) is 115 Å². The number of aliphatic hydroxyl groups excluding tert-OH is 3. The minimum absolute atomic E-state index is 0.212. The third-order valence-electron chi connectivity index (χ3n) is 5.02. The summed E-state index contributed by atoms with van der Waals surface area (Å²) in [5.74, 6) is -2.12. The Morgan fingerprint density at radius 1 is 0.933 bits per heavy atom. The molecule has 0 bridgehead atoms. The Balaban J connectivity index is 4.17. The molecule has 0 fully saturated rings. The lowest BCUT2D eigenvalue weighted by Gasteiger charge is -2.26. The molecule has 0 amide bonds. The summed E-state index contributed by atoms with van der Waals surface area (Å²) in [7, 11) is 0. The van der Waals surface area contributed by atoms with E-state index in [0.29, 0.717) is 6.42 Å². The number of aliphatic hydroxyl groups is 3. The van der Waals surface area contributed by atoms with Gasteiger partial charge in [-0.05, 0) is 31.8 Å². The molecule has 0 aromatic carbocycles. The Bertz CT molecular complexity index is 498. The molecule has 5 unspecified atom stereocenters. The molecule has 0 aromatic rings. The predicted octanol–water partition coefficient (Wildman–Crippen LogP) is 2.28. The molecule has 0 aliphatic rings. The van der Waals surface area contributed by atoms with Gasteiger partial charge in [0.2, 0.25) is 0 Å². The number of carboxylic acid groups (broad SMARTS) is 1. The Kier molecular flexibility index (Phi) is 16.4. The van der Waals surface area contributed by atoms with Crippen molar-refractivity contribution in [2.24, 2.45) is 5.73 Å². The van der Waals surface area contributed by atoms with Gasteiger partial charge >= 0.3 is 11.9 Å². The third kappa shape index (κ3) is 13.7. The zero-order chi connectivity index (χ0) is 22.9. The van der Waals surface area contributed by atoms with Crippen molar-refractivity contribution >= 4 is 11.9 Å². The van der Waals surface area contributed by atoms with Gasteiger partial charge in [0, 0.05) is 6.92 Å². The van der Waals surface area contributed by atoms with Gasteiger partial charge in [-0.3, -0.25) is 9.59 Å². The highest BCUT2D eigenvalue weighted by molar-refractivity contribution is 5.74. The van der Waals surface area contributed by atoms with Crippen LogP contribution in [0.25, 0.3) is 0 Å². The SMILES string of the molecule is CCCCCCC(O)CCCCCC/C=C/C(OC(C)=O)C(O)C(O)C(N)C(=O)O. The van der Waals surface area contributed by atoms with E-state index < -0.39 is 36.3 Å². The summed E-state index contributed by atoms with van der Waals surface area (Å²) < 4.78 is 4.97. The summed E-state index contributed by atoms with van der Waals surface area (Å²) >= 11 is 0. The molecule has 0 aromatic heterocycles. The van der Waals surface area contributed by atoms with Crippen molar-refractivity contribution in [3.8, 4) is 0 Å². The number of rotatable bonds is 18. The van der Waals surface area contributed by atoms with E-state index in [-0.39, 0.29) is 6.10 Å². The first-order valence-electron chi connectivity index (χ1n) is 11.1. The molecule has 0 heterocycles. The summed E-state index contributed by atoms with van der Waals surface area (Å²) in [5, 5.41) is 38.8. The van der Waals surface area contributed by atoms with E-state index in [4.69, 9.17) is 15.6 Å². The van der Waals surface area contributed by atoms with E-state index in [0.717, 1.165) is 51.9 Å². The van der Waals surface area contributed by atoms with Crippen molar-refractivity contribution in [1.29, 1.82) is 0 Å². The van der Waals surface area contributed by atoms with Crippen LogP contribution >= 0.6 is 0 Å². The van der Waals surface area contributed by atoms with Crippen LogP contribution in [-0.2, 0) is 14.3 Å². The second kappa shape index (κ2) is 17.2. The summed E-state index contributed by atoms with van der Waals surface area (Å²) in [6.45, 7) is 3.33. The van der Waals surface area contributed by atoms with Gasteiger partial charge in [0.15, 0.2) is 0 Å². The van der Waals surface area contributed by atoms with E-state index in [1.165, 1.54) is 25.3 Å². The number of unbranched alkanes of at least 4 members (excludes halogenated alkanes) is 7. The average Bonchev–Trinajstić information content (AvgIpc) is 2.70. The molecule has 0 saturated carbocycles. The second-order valence-corrected chi connectivity index (χ2v) is 7.84. The predicted molar refractivity (Wildman–Crippen MR) is 115 cm³/mol. The molecule has 0 rings (SSSR count). The van der Waals surface area contributed by atoms with Gasteiger partial charge in [-0.1, -0.05) is 57.9 Å². The maximum atomic E-state index is 11.2. The van der Waals surface area contributed by atoms with Crippen molar-refractivity contribution in [3.63, 3.8) is 0 Å². The quantitative estimate of drug-likeness (QED) is 0.126. The van der Waals surface area contributed by atoms with Crippen LogP contribution in [0.1, 0.15) is 84.5 Å². The first kappa shape index (κ1) is 28.5. The molecular weight excluding hydrogens is 390 g/mol. The van der Waals surface area contributed by atoms with E-state index in [1.54, 1.807) is 6.08 Å². The molecule has 0 saturated heterocycles. The lowest BCUT2D eigenvalue weighted by molar-refractivity contribution is -0.156. The van der Waals surface area contributed by atoms with Crippen LogP contribution in [0.15, 0.2) is 12.2 Å². The van der Waals surface area contributed by atoms with Crippen LogP contribution in [0, 0.1) is 0 Å². The zero-order valence-corrected chi connectivity index (χ0v) is 18.4. The number of nitrogens with two attached hydrogens (primary N) is 1. The van der Waals surface area contributed by atoms with E-state index in [1.807, 2.05) is 0 Å². The molecule has 8 heteroatoms. The fourth-order valence-electron chi connectivity index (χ4n) is 3.14. The zero-order valence-electron chi connectivity index (χ0n) is 18.4. The number of carboxylic acids is 1. The first-order chi connectivity index (χ1) is 14.2. The Morgan fingerprint density at radius 2 is 1.50 bits per heavy atom.